The Morgan fingerprint density at radius 1 is 1.18 bits per heavy atom. The summed E-state index contributed by atoms with van der Waals surface area (Å²) in [6.07, 6.45) is 0. The molecule has 0 aliphatic rings. The Morgan fingerprint density at radius 3 is 2.59 bits per heavy atom. The molecule has 2 aromatic carbocycles. The fourth-order valence-corrected chi connectivity index (χ4v) is 2.66. The van der Waals surface area contributed by atoms with Crippen molar-refractivity contribution in [3.8, 4) is 5.75 Å². The highest BCUT2D eigenvalue weighted by Crippen LogP contribution is 2.24. The third-order valence-electron chi connectivity index (χ3n) is 3.32. The van der Waals surface area contributed by atoms with E-state index in [2.05, 4.69) is 33.2 Å². The third kappa shape index (κ3) is 4.45. The summed E-state index contributed by atoms with van der Waals surface area (Å²) in [5.41, 5.74) is 1.87. The van der Waals surface area contributed by atoms with Gasteiger partial charge in [0.2, 0.25) is 5.91 Å². The molecule has 0 radical (unpaired) electrons. The van der Waals surface area contributed by atoms with Crippen LogP contribution in [0, 0.1) is 3.57 Å². The molecule has 5 heteroatoms. The molecule has 0 fully saturated rings. The lowest BCUT2D eigenvalue weighted by Gasteiger charge is -2.17. The molecule has 2 rings (SSSR count). The number of carbonyl (C=O) groups is 1. The molecule has 0 spiro atoms. The summed E-state index contributed by atoms with van der Waals surface area (Å²) in [5.74, 6) is 0.756. The molecule has 0 saturated carbocycles. The van der Waals surface area contributed by atoms with Crippen LogP contribution in [-0.2, 0) is 4.79 Å². The van der Waals surface area contributed by atoms with Crippen LogP contribution in [0.4, 0.5) is 5.69 Å². The molecule has 0 heterocycles. The number of ether oxygens (including phenoxy) is 1. The maximum Gasteiger partial charge on any atom is 0.238 e. The zero-order valence-electron chi connectivity index (χ0n) is 12.6. The quantitative estimate of drug-likeness (QED) is 0.716. The first-order valence-electron chi connectivity index (χ1n) is 7.02. The second-order valence-electron chi connectivity index (χ2n) is 4.87. The number of hydrogen-bond donors (Lipinski definition) is 2. The van der Waals surface area contributed by atoms with Crippen molar-refractivity contribution < 1.29 is 9.53 Å². The monoisotopic (exact) mass is 410 g/mol. The van der Waals surface area contributed by atoms with Crippen molar-refractivity contribution in [1.29, 1.82) is 0 Å². The van der Waals surface area contributed by atoms with Crippen LogP contribution in [0.5, 0.6) is 5.75 Å². The van der Waals surface area contributed by atoms with E-state index in [1.807, 2.05) is 55.5 Å². The number of nitrogens with one attached hydrogen (secondary N) is 2. The normalized spacial score (nSPS) is 11.8. The number of halogens is 1. The highest BCUT2D eigenvalue weighted by Gasteiger charge is 2.12. The zero-order valence-corrected chi connectivity index (χ0v) is 14.8. The fourth-order valence-electron chi connectivity index (χ4n) is 2.14. The minimum Gasteiger partial charge on any atom is -0.496 e. The molecule has 0 aliphatic heterocycles. The summed E-state index contributed by atoms with van der Waals surface area (Å²) < 4.78 is 6.36. The summed E-state index contributed by atoms with van der Waals surface area (Å²) in [6.45, 7) is 2.25. The number of amides is 1. The second kappa shape index (κ2) is 8.14. The minimum absolute atomic E-state index is 0.0248. The number of benzene rings is 2. The topological polar surface area (TPSA) is 50.4 Å². The van der Waals surface area contributed by atoms with Gasteiger partial charge in [-0.05, 0) is 47.7 Å². The van der Waals surface area contributed by atoms with Gasteiger partial charge in [0, 0.05) is 15.2 Å². The van der Waals surface area contributed by atoms with Crippen LogP contribution >= 0.6 is 22.6 Å². The molecule has 4 nitrogen and oxygen atoms in total. The smallest absolute Gasteiger partial charge is 0.238 e. The molecule has 0 unspecified atom stereocenters. The van der Waals surface area contributed by atoms with Crippen LogP contribution in [0.3, 0.4) is 0 Å². The van der Waals surface area contributed by atoms with Crippen molar-refractivity contribution in [2.75, 3.05) is 19.0 Å². The van der Waals surface area contributed by atoms with E-state index < -0.39 is 0 Å². The number of anilines is 1. The van der Waals surface area contributed by atoms with Gasteiger partial charge in [-0.3, -0.25) is 4.79 Å². The van der Waals surface area contributed by atoms with E-state index in [4.69, 9.17) is 4.74 Å². The highest BCUT2D eigenvalue weighted by molar-refractivity contribution is 14.1. The Kier molecular flexibility index (Phi) is 6.21. The van der Waals surface area contributed by atoms with Gasteiger partial charge in [-0.2, -0.15) is 0 Å². The Labute approximate surface area is 144 Å². The average molecular weight is 410 g/mol. The first-order valence-corrected chi connectivity index (χ1v) is 8.10. The summed E-state index contributed by atoms with van der Waals surface area (Å²) in [5, 5.41) is 6.12. The van der Waals surface area contributed by atoms with Gasteiger partial charge in [0.15, 0.2) is 0 Å². The van der Waals surface area contributed by atoms with Crippen molar-refractivity contribution in [2.24, 2.45) is 0 Å². The van der Waals surface area contributed by atoms with E-state index in [-0.39, 0.29) is 18.5 Å². The van der Waals surface area contributed by atoms with Gasteiger partial charge in [-0.15, -0.1) is 0 Å². The molecule has 1 atom stereocenters. The van der Waals surface area contributed by atoms with Gasteiger partial charge in [0.25, 0.3) is 0 Å². The molecular formula is C17H19IN2O2. The van der Waals surface area contributed by atoms with Gasteiger partial charge in [0.05, 0.1) is 19.3 Å². The molecule has 22 heavy (non-hydrogen) atoms. The number of methoxy groups -OCH3 is 1. The highest BCUT2D eigenvalue weighted by atomic mass is 127. The van der Waals surface area contributed by atoms with Crippen molar-refractivity contribution in [3.05, 3.63) is 57.7 Å². The van der Waals surface area contributed by atoms with E-state index in [1.165, 1.54) is 0 Å². The van der Waals surface area contributed by atoms with E-state index in [0.717, 1.165) is 20.6 Å². The minimum atomic E-state index is -0.0640. The van der Waals surface area contributed by atoms with Crippen molar-refractivity contribution in [3.63, 3.8) is 0 Å². The molecular weight excluding hydrogens is 391 g/mol. The molecule has 0 aliphatic carbocycles. The maximum atomic E-state index is 12.0. The van der Waals surface area contributed by atoms with Crippen molar-refractivity contribution >= 4 is 34.2 Å². The molecule has 2 N–H and O–H groups in total. The van der Waals surface area contributed by atoms with Crippen molar-refractivity contribution in [2.45, 2.75) is 13.0 Å². The SMILES string of the molecule is COc1ccccc1[C@H](C)NCC(=O)Nc1ccccc1I. The number of hydrogen-bond acceptors (Lipinski definition) is 3. The van der Waals surface area contributed by atoms with E-state index in [9.17, 15) is 4.79 Å². The Hall–Kier alpha value is -1.60. The summed E-state index contributed by atoms with van der Waals surface area (Å²) in [6, 6.07) is 15.5. The van der Waals surface area contributed by atoms with Crippen LogP contribution in [0.2, 0.25) is 0 Å². The molecule has 2 aromatic rings. The van der Waals surface area contributed by atoms with E-state index >= 15 is 0 Å². The maximum absolute atomic E-state index is 12.0. The predicted molar refractivity (Wildman–Crippen MR) is 97.2 cm³/mol. The summed E-state index contributed by atoms with van der Waals surface area (Å²) in [7, 11) is 1.65. The second-order valence-corrected chi connectivity index (χ2v) is 6.03. The number of para-hydroxylation sites is 2. The van der Waals surface area contributed by atoms with Crippen LogP contribution in [0.15, 0.2) is 48.5 Å². The van der Waals surface area contributed by atoms with Crippen LogP contribution < -0.4 is 15.4 Å². The van der Waals surface area contributed by atoms with E-state index in [1.54, 1.807) is 7.11 Å². The zero-order chi connectivity index (χ0) is 15.9. The largest absolute Gasteiger partial charge is 0.496 e. The Morgan fingerprint density at radius 2 is 1.86 bits per heavy atom. The number of rotatable bonds is 6. The summed E-state index contributed by atoms with van der Waals surface area (Å²) >= 11 is 2.20. The molecule has 0 aromatic heterocycles. The van der Waals surface area contributed by atoms with Crippen molar-refractivity contribution in [1.82, 2.24) is 5.32 Å². The molecule has 1 amide bonds. The molecule has 0 saturated heterocycles. The van der Waals surface area contributed by atoms with Gasteiger partial charge in [-0.25, -0.2) is 0 Å². The Bertz CT molecular complexity index is 646. The van der Waals surface area contributed by atoms with Gasteiger partial charge >= 0.3 is 0 Å². The van der Waals surface area contributed by atoms with Crippen LogP contribution in [0.1, 0.15) is 18.5 Å². The van der Waals surface area contributed by atoms with E-state index in [0.29, 0.717) is 0 Å². The predicted octanol–water partition coefficient (Wildman–Crippen LogP) is 3.59. The molecule has 116 valence electrons. The number of carbonyl (C=O) groups excluding carboxylic acids is 1. The lowest BCUT2D eigenvalue weighted by molar-refractivity contribution is -0.115. The lowest BCUT2D eigenvalue weighted by atomic mass is 10.1. The van der Waals surface area contributed by atoms with Crippen LogP contribution in [-0.4, -0.2) is 19.6 Å². The van der Waals surface area contributed by atoms with Gasteiger partial charge in [0.1, 0.15) is 5.75 Å². The van der Waals surface area contributed by atoms with Gasteiger partial charge in [-0.1, -0.05) is 30.3 Å². The first kappa shape index (κ1) is 16.8. The first-order chi connectivity index (χ1) is 10.6. The average Bonchev–Trinajstić information content (AvgIpc) is 2.54. The lowest BCUT2D eigenvalue weighted by Crippen LogP contribution is -2.30. The fraction of sp³-hybridized carbons (Fsp3) is 0.235. The summed E-state index contributed by atoms with van der Waals surface area (Å²) in [4.78, 5) is 12.0. The Balaban J connectivity index is 1.92. The van der Waals surface area contributed by atoms with Crippen LogP contribution in [0.25, 0.3) is 0 Å². The van der Waals surface area contributed by atoms with Gasteiger partial charge < -0.3 is 15.4 Å². The standard InChI is InChI=1S/C17H19IN2O2/c1-12(13-7-3-6-10-16(13)22-2)19-11-17(21)20-15-9-5-4-8-14(15)18/h3-10,12,19H,11H2,1-2H3,(H,20,21)/t12-/m0/s1. The molecule has 0 bridgehead atoms. The third-order valence-corrected chi connectivity index (χ3v) is 4.26.